The van der Waals surface area contributed by atoms with Crippen molar-refractivity contribution >= 4 is 28.6 Å². The van der Waals surface area contributed by atoms with Crippen LogP contribution in [0.3, 0.4) is 0 Å². The van der Waals surface area contributed by atoms with Crippen molar-refractivity contribution in [2.75, 3.05) is 5.32 Å². The number of pyridine rings is 1. The minimum atomic E-state index is -0.522. The Hall–Kier alpha value is -3.22. The molecule has 1 amide bonds. The van der Waals surface area contributed by atoms with Crippen LogP contribution in [0.2, 0.25) is 0 Å². The molecule has 122 valence electrons. The van der Waals surface area contributed by atoms with Gasteiger partial charge in [0, 0.05) is 17.8 Å². The van der Waals surface area contributed by atoms with Crippen LogP contribution in [-0.2, 0) is 0 Å². The van der Waals surface area contributed by atoms with Gasteiger partial charge in [0.25, 0.3) is 0 Å². The smallest absolute Gasteiger partial charge is 0.250 e. The van der Waals surface area contributed by atoms with Crippen LogP contribution >= 0.6 is 0 Å². The first kappa shape index (κ1) is 15.7. The Labute approximate surface area is 138 Å². The standard InChI is InChI=1S/C17H17N5O2/c1-10(2)24-13-5-3-4-11-8-20-17(22-15(11)13)21-14-7-6-12(9-19-14)16(18)23/h3-10H,1-2H3,(H2,18,23)(H,19,20,21,22). The van der Waals surface area contributed by atoms with Crippen molar-refractivity contribution in [1.29, 1.82) is 0 Å². The number of hydrogen-bond acceptors (Lipinski definition) is 6. The van der Waals surface area contributed by atoms with Crippen LogP contribution in [0, 0.1) is 0 Å². The number of carbonyl (C=O) groups is 1. The van der Waals surface area contributed by atoms with Crippen molar-refractivity contribution in [3.63, 3.8) is 0 Å². The molecule has 0 radical (unpaired) electrons. The van der Waals surface area contributed by atoms with Crippen LogP contribution in [0.5, 0.6) is 5.75 Å². The summed E-state index contributed by atoms with van der Waals surface area (Å²) in [4.78, 5) is 24.0. The van der Waals surface area contributed by atoms with Gasteiger partial charge in [-0.05, 0) is 32.0 Å². The van der Waals surface area contributed by atoms with Gasteiger partial charge in [-0.1, -0.05) is 12.1 Å². The van der Waals surface area contributed by atoms with Crippen molar-refractivity contribution in [3.05, 3.63) is 48.3 Å². The molecule has 0 aliphatic carbocycles. The van der Waals surface area contributed by atoms with Crippen LogP contribution < -0.4 is 15.8 Å². The molecule has 3 N–H and O–H groups in total. The quantitative estimate of drug-likeness (QED) is 0.748. The molecule has 0 aliphatic rings. The summed E-state index contributed by atoms with van der Waals surface area (Å²) in [7, 11) is 0. The number of amides is 1. The van der Waals surface area contributed by atoms with Crippen LogP contribution in [0.25, 0.3) is 10.9 Å². The molecule has 3 aromatic rings. The molecule has 0 unspecified atom stereocenters. The minimum absolute atomic E-state index is 0.0463. The normalized spacial score (nSPS) is 10.8. The van der Waals surface area contributed by atoms with Gasteiger partial charge >= 0.3 is 0 Å². The number of primary amides is 1. The van der Waals surface area contributed by atoms with Gasteiger partial charge in [-0.15, -0.1) is 0 Å². The lowest BCUT2D eigenvalue weighted by Crippen LogP contribution is -2.11. The summed E-state index contributed by atoms with van der Waals surface area (Å²) in [5.74, 6) is 1.08. The molecule has 0 saturated heterocycles. The SMILES string of the molecule is CC(C)Oc1cccc2cnc(Nc3ccc(C(N)=O)cn3)nc12. The zero-order chi connectivity index (χ0) is 17.1. The van der Waals surface area contributed by atoms with Gasteiger partial charge in [0.15, 0.2) is 0 Å². The average Bonchev–Trinajstić information content (AvgIpc) is 2.55. The summed E-state index contributed by atoms with van der Waals surface area (Å²) >= 11 is 0. The van der Waals surface area contributed by atoms with E-state index in [1.165, 1.54) is 6.20 Å². The Morgan fingerprint density at radius 3 is 2.67 bits per heavy atom. The second-order valence-electron chi connectivity index (χ2n) is 5.48. The fraction of sp³-hybridized carbons (Fsp3) is 0.176. The van der Waals surface area contributed by atoms with Crippen LogP contribution in [0.4, 0.5) is 11.8 Å². The monoisotopic (exact) mass is 323 g/mol. The van der Waals surface area contributed by atoms with E-state index in [1.54, 1.807) is 18.3 Å². The summed E-state index contributed by atoms with van der Waals surface area (Å²) in [5.41, 5.74) is 6.26. The molecule has 0 bridgehead atoms. The fourth-order valence-corrected chi connectivity index (χ4v) is 2.17. The number of benzene rings is 1. The number of hydrogen-bond donors (Lipinski definition) is 2. The lowest BCUT2D eigenvalue weighted by molar-refractivity contribution is 0.1000. The number of ether oxygens (including phenoxy) is 1. The van der Waals surface area contributed by atoms with E-state index in [0.717, 1.165) is 10.9 Å². The molecule has 1 aromatic carbocycles. The minimum Gasteiger partial charge on any atom is -0.489 e. The van der Waals surface area contributed by atoms with E-state index in [4.69, 9.17) is 10.5 Å². The number of fused-ring (bicyclic) bond motifs is 1. The zero-order valence-electron chi connectivity index (χ0n) is 13.4. The number of rotatable bonds is 5. The fourth-order valence-electron chi connectivity index (χ4n) is 2.17. The lowest BCUT2D eigenvalue weighted by Gasteiger charge is -2.12. The second kappa shape index (κ2) is 6.49. The summed E-state index contributed by atoms with van der Waals surface area (Å²) in [6.45, 7) is 3.92. The summed E-state index contributed by atoms with van der Waals surface area (Å²) in [6.07, 6.45) is 3.17. The van der Waals surface area contributed by atoms with Gasteiger partial charge in [-0.3, -0.25) is 4.79 Å². The van der Waals surface area contributed by atoms with E-state index < -0.39 is 5.91 Å². The van der Waals surface area contributed by atoms with Crippen molar-refractivity contribution in [2.24, 2.45) is 5.73 Å². The van der Waals surface area contributed by atoms with Gasteiger partial charge in [0.2, 0.25) is 11.9 Å². The molecule has 0 fully saturated rings. The highest BCUT2D eigenvalue weighted by molar-refractivity contribution is 5.92. The molecule has 3 rings (SSSR count). The highest BCUT2D eigenvalue weighted by Gasteiger charge is 2.08. The largest absolute Gasteiger partial charge is 0.489 e. The Morgan fingerprint density at radius 1 is 1.17 bits per heavy atom. The number of nitrogens with one attached hydrogen (secondary N) is 1. The van der Waals surface area contributed by atoms with Crippen molar-refractivity contribution in [3.8, 4) is 5.75 Å². The Kier molecular flexibility index (Phi) is 4.24. The van der Waals surface area contributed by atoms with E-state index in [9.17, 15) is 4.79 Å². The number of nitrogens with zero attached hydrogens (tertiary/aromatic N) is 3. The summed E-state index contributed by atoms with van der Waals surface area (Å²) < 4.78 is 5.79. The molecule has 2 heterocycles. The number of anilines is 2. The van der Waals surface area contributed by atoms with Gasteiger partial charge in [-0.25, -0.2) is 15.0 Å². The van der Waals surface area contributed by atoms with Gasteiger partial charge < -0.3 is 15.8 Å². The maximum atomic E-state index is 11.1. The maximum absolute atomic E-state index is 11.1. The second-order valence-corrected chi connectivity index (χ2v) is 5.48. The molecule has 0 spiro atoms. The molecule has 0 aliphatic heterocycles. The molecule has 0 saturated carbocycles. The predicted molar refractivity (Wildman–Crippen MR) is 91.3 cm³/mol. The molecule has 7 heteroatoms. The average molecular weight is 323 g/mol. The van der Waals surface area contributed by atoms with E-state index >= 15 is 0 Å². The van der Waals surface area contributed by atoms with E-state index in [2.05, 4.69) is 20.3 Å². The van der Waals surface area contributed by atoms with E-state index in [0.29, 0.717) is 23.1 Å². The molecule has 0 atom stereocenters. The molecule has 2 aromatic heterocycles. The molecular weight excluding hydrogens is 306 g/mol. The van der Waals surface area contributed by atoms with Crippen LogP contribution in [0.15, 0.2) is 42.7 Å². The third kappa shape index (κ3) is 3.40. The number of carbonyl (C=O) groups excluding carboxylic acids is 1. The van der Waals surface area contributed by atoms with Crippen molar-refractivity contribution < 1.29 is 9.53 Å². The third-order valence-electron chi connectivity index (χ3n) is 3.22. The van der Waals surface area contributed by atoms with Crippen LogP contribution in [-0.4, -0.2) is 27.0 Å². The number of nitrogens with two attached hydrogens (primary N) is 1. The summed E-state index contributed by atoms with van der Waals surface area (Å²) in [5, 5.41) is 3.89. The highest BCUT2D eigenvalue weighted by atomic mass is 16.5. The molecule has 7 nitrogen and oxygen atoms in total. The zero-order valence-corrected chi connectivity index (χ0v) is 13.4. The first-order valence-electron chi connectivity index (χ1n) is 7.48. The summed E-state index contributed by atoms with van der Waals surface area (Å²) in [6, 6.07) is 8.93. The Morgan fingerprint density at radius 2 is 2.00 bits per heavy atom. The van der Waals surface area contributed by atoms with Gasteiger partial charge in [-0.2, -0.15) is 0 Å². The predicted octanol–water partition coefficient (Wildman–Crippen LogP) is 2.65. The first-order valence-corrected chi connectivity index (χ1v) is 7.48. The Bertz CT molecular complexity index is 878. The number of para-hydroxylation sites is 1. The highest BCUT2D eigenvalue weighted by Crippen LogP contribution is 2.25. The van der Waals surface area contributed by atoms with Crippen LogP contribution in [0.1, 0.15) is 24.2 Å². The van der Waals surface area contributed by atoms with E-state index in [-0.39, 0.29) is 6.10 Å². The van der Waals surface area contributed by atoms with Crippen molar-refractivity contribution in [1.82, 2.24) is 15.0 Å². The van der Waals surface area contributed by atoms with Crippen molar-refractivity contribution in [2.45, 2.75) is 20.0 Å². The third-order valence-corrected chi connectivity index (χ3v) is 3.22. The lowest BCUT2D eigenvalue weighted by atomic mass is 10.2. The number of aromatic nitrogens is 3. The Balaban J connectivity index is 1.91. The van der Waals surface area contributed by atoms with Gasteiger partial charge in [0.1, 0.15) is 17.1 Å². The molecule has 24 heavy (non-hydrogen) atoms. The van der Waals surface area contributed by atoms with Gasteiger partial charge in [0.05, 0.1) is 11.7 Å². The van der Waals surface area contributed by atoms with E-state index in [1.807, 2.05) is 32.0 Å². The first-order chi connectivity index (χ1) is 11.5. The molecular formula is C17H17N5O2. The topological polar surface area (TPSA) is 103 Å². The maximum Gasteiger partial charge on any atom is 0.250 e.